The first-order valence-electron chi connectivity index (χ1n) is 6.32. The first-order valence-corrected chi connectivity index (χ1v) is 7.11. The molecule has 0 aliphatic carbocycles. The van der Waals surface area contributed by atoms with Gasteiger partial charge in [-0.2, -0.15) is 0 Å². The van der Waals surface area contributed by atoms with Crippen LogP contribution in [0.5, 0.6) is 0 Å². The predicted octanol–water partition coefficient (Wildman–Crippen LogP) is 5.08. The first kappa shape index (κ1) is 15.6. The van der Waals surface area contributed by atoms with Gasteiger partial charge in [0, 0.05) is 10.0 Å². The SMILES string of the molecule is CC(CC(O)c1cc(Br)ccc1F)CC(C)(C)C. The highest BCUT2D eigenvalue weighted by Crippen LogP contribution is 2.32. The lowest BCUT2D eigenvalue weighted by atomic mass is 9.82. The summed E-state index contributed by atoms with van der Waals surface area (Å²) in [6.07, 6.45) is 0.865. The van der Waals surface area contributed by atoms with Crippen molar-refractivity contribution in [1.82, 2.24) is 0 Å². The number of hydrogen-bond donors (Lipinski definition) is 1. The largest absolute Gasteiger partial charge is 0.388 e. The third kappa shape index (κ3) is 5.07. The van der Waals surface area contributed by atoms with Crippen LogP contribution in [0.2, 0.25) is 0 Å². The Bertz CT molecular complexity index is 398. The van der Waals surface area contributed by atoms with Gasteiger partial charge in [-0.15, -0.1) is 0 Å². The Morgan fingerprint density at radius 2 is 1.94 bits per heavy atom. The Hall–Kier alpha value is -0.410. The van der Waals surface area contributed by atoms with E-state index in [4.69, 9.17) is 0 Å². The minimum Gasteiger partial charge on any atom is -0.388 e. The Kier molecular flexibility index (Phi) is 5.35. The van der Waals surface area contributed by atoms with Crippen LogP contribution in [0.25, 0.3) is 0 Å². The highest BCUT2D eigenvalue weighted by Gasteiger charge is 2.20. The van der Waals surface area contributed by atoms with E-state index in [1.54, 1.807) is 12.1 Å². The average molecular weight is 317 g/mol. The van der Waals surface area contributed by atoms with Gasteiger partial charge in [-0.05, 0) is 42.4 Å². The second kappa shape index (κ2) is 6.16. The van der Waals surface area contributed by atoms with Crippen LogP contribution in [0.4, 0.5) is 4.39 Å². The fraction of sp³-hybridized carbons (Fsp3) is 0.600. The van der Waals surface area contributed by atoms with Crippen molar-refractivity contribution in [3.8, 4) is 0 Å². The molecule has 1 aromatic carbocycles. The molecule has 1 nitrogen and oxygen atoms in total. The van der Waals surface area contributed by atoms with Gasteiger partial charge in [0.1, 0.15) is 5.82 Å². The monoisotopic (exact) mass is 316 g/mol. The summed E-state index contributed by atoms with van der Waals surface area (Å²) in [6.45, 7) is 8.63. The molecule has 0 bridgehead atoms. The van der Waals surface area contributed by atoms with Crippen LogP contribution < -0.4 is 0 Å². The predicted molar refractivity (Wildman–Crippen MR) is 76.9 cm³/mol. The number of rotatable bonds is 4. The molecule has 3 heteroatoms. The van der Waals surface area contributed by atoms with E-state index in [9.17, 15) is 9.50 Å². The molecule has 0 fully saturated rings. The van der Waals surface area contributed by atoms with Crippen molar-refractivity contribution < 1.29 is 9.50 Å². The van der Waals surface area contributed by atoms with Gasteiger partial charge in [-0.1, -0.05) is 43.6 Å². The summed E-state index contributed by atoms with van der Waals surface area (Å²) in [5.74, 6) is 0.0204. The van der Waals surface area contributed by atoms with Crippen LogP contribution in [0.1, 0.15) is 52.2 Å². The van der Waals surface area contributed by atoms with Crippen LogP contribution in [-0.2, 0) is 0 Å². The molecule has 0 aliphatic heterocycles. The molecule has 0 amide bonds. The lowest BCUT2D eigenvalue weighted by molar-refractivity contribution is 0.130. The van der Waals surface area contributed by atoms with Gasteiger partial charge in [0.15, 0.2) is 0 Å². The van der Waals surface area contributed by atoms with Crippen molar-refractivity contribution >= 4 is 15.9 Å². The zero-order valence-corrected chi connectivity index (χ0v) is 13.1. The minimum atomic E-state index is -0.736. The van der Waals surface area contributed by atoms with E-state index in [1.807, 2.05) is 0 Å². The molecule has 0 aliphatic rings. The Labute approximate surface area is 118 Å². The summed E-state index contributed by atoms with van der Waals surface area (Å²) in [7, 11) is 0. The van der Waals surface area contributed by atoms with Gasteiger partial charge >= 0.3 is 0 Å². The molecule has 0 aromatic heterocycles. The number of halogens is 2. The fourth-order valence-electron chi connectivity index (χ4n) is 2.41. The molecule has 1 aromatic rings. The molecule has 1 rings (SSSR count). The number of aliphatic hydroxyl groups is 1. The van der Waals surface area contributed by atoms with Crippen LogP contribution in [0.15, 0.2) is 22.7 Å². The molecule has 2 unspecified atom stereocenters. The van der Waals surface area contributed by atoms with Crippen molar-refractivity contribution in [1.29, 1.82) is 0 Å². The first-order chi connectivity index (χ1) is 8.19. The van der Waals surface area contributed by atoms with Crippen molar-refractivity contribution in [3.05, 3.63) is 34.1 Å². The Morgan fingerprint density at radius 3 is 2.50 bits per heavy atom. The maximum Gasteiger partial charge on any atom is 0.129 e. The molecule has 0 saturated carbocycles. The molecule has 2 atom stereocenters. The van der Waals surface area contributed by atoms with Crippen molar-refractivity contribution in [2.45, 2.75) is 46.6 Å². The van der Waals surface area contributed by atoms with E-state index in [-0.39, 0.29) is 11.2 Å². The summed E-state index contributed by atoms with van der Waals surface area (Å²) in [4.78, 5) is 0. The molecule has 18 heavy (non-hydrogen) atoms. The molecule has 102 valence electrons. The van der Waals surface area contributed by atoms with Gasteiger partial charge in [0.05, 0.1) is 6.10 Å². The minimum absolute atomic E-state index is 0.231. The van der Waals surface area contributed by atoms with Crippen LogP contribution in [0.3, 0.4) is 0 Å². The normalized spacial score (nSPS) is 15.5. The third-order valence-corrected chi connectivity index (χ3v) is 3.40. The lowest BCUT2D eigenvalue weighted by Gasteiger charge is -2.25. The Balaban J connectivity index is 2.70. The highest BCUT2D eigenvalue weighted by atomic mass is 79.9. The van der Waals surface area contributed by atoms with E-state index in [0.29, 0.717) is 17.9 Å². The number of aliphatic hydroxyl groups excluding tert-OH is 1. The number of benzene rings is 1. The number of hydrogen-bond acceptors (Lipinski definition) is 1. The van der Waals surface area contributed by atoms with Gasteiger partial charge in [-0.25, -0.2) is 4.39 Å². The van der Waals surface area contributed by atoms with E-state index < -0.39 is 6.10 Å². The summed E-state index contributed by atoms with van der Waals surface area (Å²) in [5.41, 5.74) is 0.611. The Morgan fingerprint density at radius 1 is 1.33 bits per heavy atom. The van der Waals surface area contributed by atoms with Gasteiger partial charge < -0.3 is 5.11 Å². The van der Waals surface area contributed by atoms with Gasteiger partial charge in [0.2, 0.25) is 0 Å². The molecule has 0 spiro atoms. The molecule has 0 saturated heterocycles. The lowest BCUT2D eigenvalue weighted by Crippen LogP contribution is -2.14. The van der Waals surface area contributed by atoms with Crippen LogP contribution >= 0.6 is 15.9 Å². The van der Waals surface area contributed by atoms with Crippen molar-refractivity contribution in [3.63, 3.8) is 0 Å². The maximum atomic E-state index is 13.6. The quantitative estimate of drug-likeness (QED) is 0.820. The van der Waals surface area contributed by atoms with Crippen LogP contribution in [0, 0.1) is 17.2 Å². The zero-order chi connectivity index (χ0) is 13.9. The average Bonchev–Trinajstić information content (AvgIpc) is 2.18. The zero-order valence-electron chi connectivity index (χ0n) is 11.5. The topological polar surface area (TPSA) is 20.2 Å². The van der Waals surface area contributed by atoms with E-state index in [1.165, 1.54) is 6.07 Å². The second-order valence-electron chi connectivity index (χ2n) is 6.29. The molecular weight excluding hydrogens is 295 g/mol. The molecule has 1 N–H and O–H groups in total. The second-order valence-corrected chi connectivity index (χ2v) is 7.20. The summed E-state index contributed by atoms with van der Waals surface area (Å²) in [6, 6.07) is 4.69. The van der Waals surface area contributed by atoms with Gasteiger partial charge in [-0.3, -0.25) is 0 Å². The van der Waals surface area contributed by atoms with Crippen molar-refractivity contribution in [2.75, 3.05) is 0 Å². The van der Waals surface area contributed by atoms with Crippen LogP contribution in [-0.4, -0.2) is 5.11 Å². The van der Waals surface area contributed by atoms with Crippen molar-refractivity contribution in [2.24, 2.45) is 11.3 Å². The fourth-order valence-corrected chi connectivity index (χ4v) is 2.79. The standard InChI is InChI=1S/C15H22BrFO/c1-10(9-15(2,3)4)7-14(18)12-8-11(16)5-6-13(12)17/h5-6,8,10,14,18H,7,9H2,1-4H3. The summed E-state index contributed by atoms with van der Waals surface area (Å²) < 4.78 is 14.4. The van der Waals surface area contributed by atoms with E-state index in [2.05, 4.69) is 43.6 Å². The molecule has 0 heterocycles. The molecular formula is C15H22BrFO. The molecule has 0 radical (unpaired) electrons. The summed E-state index contributed by atoms with van der Waals surface area (Å²) >= 11 is 3.30. The maximum absolute atomic E-state index is 13.6. The van der Waals surface area contributed by atoms with E-state index in [0.717, 1.165) is 10.9 Å². The third-order valence-electron chi connectivity index (χ3n) is 2.90. The highest BCUT2D eigenvalue weighted by molar-refractivity contribution is 9.10. The van der Waals surface area contributed by atoms with E-state index >= 15 is 0 Å². The smallest absolute Gasteiger partial charge is 0.129 e. The summed E-state index contributed by atoms with van der Waals surface area (Å²) in [5, 5.41) is 10.1. The van der Waals surface area contributed by atoms with Gasteiger partial charge in [0.25, 0.3) is 0 Å².